The molecule has 0 fully saturated rings. The number of aromatic nitrogens is 2. The minimum Gasteiger partial charge on any atom is -0.369 e. The van der Waals surface area contributed by atoms with E-state index in [1.807, 2.05) is 25.1 Å². The third kappa shape index (κ3) is 3.05. The van der Waals surface area contributed by atoms with Crippen molar-refractivity contribution >= 4 is 45.5 Å². The smallest absolute Gasteiger partial charge is 0.242 e. The SMILES string of the molecule is CC(C)CNC(=O)C(C)n1c(N)nc2cc(I)ccc21. The van der Waals surface area contributed by atoms with E-state index in [1.165, 1.54) is 0 Å². The van der Waals surface area contributed by atoms with Crippen LogP contribution in [0.2, 0.25) is 0 Å². The second-order valence-corrected chi connectivity index (χ2v) is 6.53. The van der Waals surface area contributed by atoms with E-state index in [1.54, 1.807) is 4.57 Å². The lowest BCUT2D eigenvalue weighted by atomic mass is 10.2. The molecule has 3 N–H and O–H groups in total. The number of anilines is 1. The zero-order chi connectivity index (χ0) is 14.9. The molecular formula is C14H19IN4O. The Balaban J connectivity index is 2.32. The number of nitrogens with zero attached hydrogens (tertiary/aromatic N) is 2. The second-order valence-electron chi connectivity index (χ2n) is 5.29. The Morgan fingerprint density at radius 2 is 2.15 bits per heavy atom. The van der Waals surface area contributed by atoms with E-state index >= 15 is 0 Å². The fourth-order valence-electron chi connectivity index (χ4n) is 2.07. The number of nitrogen functional groups attached to an aromatic ring is 1. The summed E-state index contributed by atoms with van der Waals surface area (Å²) in [6.07, 6.45) is 0. The highest BCUT2D eigenvalue weighted by molar-refractivity contribution is 14.1. The summed E-state index contributed by atoms with van der Waals surface area (Å²) < 4.78 is 2.87. The highest BCUT2D eigenvalue weighted by Crippen LogP contribution is 2.24. The van der Waals surface area contributed by atoms with Crippen molar-refractivity contribution < 1.29 is 4.79 Å². The van der Waals surface area contributed by atoms with E-state index in [0.717, 1.165) is 14.6 Å². The van der Waals surface area contributed by atoms with Crippen molar-refractivity contribution in [1.82, 2.24) is 14.9 Å². The van der Waals surface area contributed by atoms with Crippen LogP contribution in [0.3, 0.4) is 0 Å². The molecule has 1 amide bonds. The van der Waals surface area contributed by atoms with Gasteiger partial charge in [-0.1, -0.05) is 13.8 Å². The first kappa shape index (κ1) is 15.1. The fourth-order valence-corrected chi connectivity index (χ4v) is 2.54. The lowest BCUT2D eigenvalue weighted by Crippen LogP contribution is -2.33. The number of amides is 1. The molecule has 0 aliphatic rings. The van der Waals surface area contributed by atoms with E-state index < -0.39 is 0 Å². The first-order chi connectivity index (χ1) is 9.40. The monoisotopic (exact) mass is 386 g/mol. The predicted molar refractivity (Wildman–Crippen MR) is 89.4 cm³/mol. The lowest BCUT2D eigenvalue weighted by molar-refractivity contribution is -0.123. The summed E-state index contributed by atoms with van der Waals surface area (Å²) >= 11 is 2.23. The van der Waals surface area contributed by atoms with Crippen LogP contribution >= 0.6 is 22.6 Å². The van der Waals surface area contributed by atoms with Crippen molar-refractivity contribution in [3.8, 4) is 0 Å². The Bertz CT molecular complexity index is 635. The number of hydrogen-bond donors (Lipinski definition) is 2. The average molecular weight is 386 g/mol. The number of halogens is 1. The number of fused-ring (bicyclic) bond motifs is 1. The maximum absolute atomic E-state index is 12.2. The van der Waals surface area contributed by atoms with Crippen LogP contribution in [0.1, 0.15) is 26.8 Å². The molecule has 1 aromatic carbocycles. The van der Waals surface area contributed by atoms with Gasteiger partial charge in [0.05, 0.1) is 11.0 Å². The van der Waals surface area contributed by atoms with Gasteiger partial charge in [0.15, 0.2) is 0 Å². The van der Waals surface area contributed by atoms with E-state index in [9.17, 15) is 4.79 Å². The molecule has 6 heteroatoms. The van der Waals surface area contributed by atoms with E-state index in [0.29, 0.717) is 18.4 Å². The highest BCUT2D eigenvalue weighted by Gasteiger charge is 2.20. The number of carbonyl (C=O) groups is 1. The van der Waals surface area contributed by atoms with Gasteiger partial charge in [0.2, 0.25) is 11.9 Å². The van der Waals surface area contributed by atoms with E-state index in [4.69, 9.17) is 5.73 Å². The number of carbonyl (C=O) groups excluding carboxylic acids is 1. The molecule has 2 rings (SSSR count). The third-order valence-corrected chi connectivity index (χ3v) is 3.80. The van der Waals surface area contributed by atoms with Gasteiger partial charge in [0.1, 0.15) is 6.04 Å². The molecule has 1 atom stereocenters. The van der Waals surface area contributed by atoms with Crippen molar-refractivity contribution in [3.05, 3.63) is 21.8 Å². The molecule has 0 radical (unpaired) electrons. The summed E-state index contributed by atoms with van der Waals surface area (Å²) in [7, 11) is 0. The number of benzene rings is 1. The Kier molecular flexibility index (Phi) is 4.52. The summed E-state index contributed by atoms with van der Waals surface area (Å²) in [6.45, 7) is 6.63. The second kappa shape index (κ2) is 5.99. The summed E-state index contributed by atoms with van der Waals surface area (Å²) in [6, 6.07) is 5.52. The van der Waals surface area contributed by atoms with Gasteiger partial charge in [-0.15, -0.1) is 0 Å². The summed E-state index contributed by atoms with van der Waals surface area (Å²) in [4.78, 5) is 16.5. The topological polar surface area (TPSA) is 72.9 Å². The normalized spacial score (nSPS) is 12.8. The van der Waals surface area contributed by atoms with Gasteiger partial charge in [0, 0.05) is 10.1 Å². The van der Waals surface area contributed by atoms with Crippen molar-refractivity contribution in [2.45, 2.75) is 26.8 Å². The van der Waals surface area contributed by atoms with Crippen molar-refractivity contribution in [2.75, 3.05) is 12.3 Å². The summed E-state index contributed by atoms with van der Waals surface area (Å²) in [5, 5.41) is 2.93. The molecule has 1 unspecified atom stereocenters. The maximum Gasteiger partial charge on any atom is 0.242 e. The molecule has 20 heavy (non-hydrogen) atoms. The van der Waals surface area contributed by atoms with Crippen LogP contribution in [-0.2, 0) is 4.79 Å². The van der Waals surface area contributed by atoms with Crippen molar-refractivity contribution in [3.63, 3.8) is 0 Å². The van der Waals surface area contributed by atoms with Crippen LogP contribution in [-0.4, -0.2) is 22.0 Å². The van der Waals surface area contributed by atoms with Crippen molar-refractivity contribution in [1.29, 1.82) is 0 Å². The lowest BCUT2D eigenvalue weighted by Gasteiger charge is -2.16. The minimum atomic E-state index is -0.376. The van der Waals surface area contributed by atoms with E-state index in [2.05, 4.69) is 46.7 Å². The number of rotatable bonds is 4. The standard InChI is InChI=1S/C14H19IN4O/c1-8(2)7-17-13(20)9(3)19-12-5-4-10(15)6-11(12)18-14(19)16/h4-6,8-9H,7H2,1-3H3,(H2,16,18)(H,17,20). The highest BCUT2D eigenvalue weighted by atomic mass is 127. The summed E-state index contributed by atoms with van der Waals surface area (Å²) in [5.41, 5.74) is 7.67. The van der Waals surface area contributed by atoms with Gasteiger partial charge in [-0.05, 0) is 53.6 Å². The average Bonchev–Trinajstić information content (AvgIpc) is 2.69. The number of nitrogens with two attached hydrogens (primary N) is 1. The molecule has 0 saturated heterocycles. The first-order valence-electron chi connectivity index (χ1n) is 6.60. The molecule has 0 saturated carbocycles. The maximum atomic E-state index is 12.2. The molecule has 2 aromatic rings. The number of hydrogen-bond acceptors (Lipinski definition) is 3. The fraction of sp³-hybridized carbons (Fsp3) is 0.429. The van der Waals surface area contributed by atoms with E-state index in [-0.39, 0.29) is 11.9 Å². The largest absolute Gasteiger partial charge is 0.369 e. The van der Waals surface area contributed by atoms with Gasteiger partial charge in [-0.25, -0.2) is 4.98 Å². The Labute approximate surface area is 132 Å². The van der Waals surface area contributed by atoms with Crippen LogP contribution < -0.4 is 11.1 Å². The molecule has 0 aliphatic heterocycles. The molecule has 108 valence electrons. The summed E-state index contributed by atoms with van der Waals surface area (Å²) in [5.74, 6) is 0.752. The Morgan fingerprint density at radius 1 is 1.45 bits per heavy atom. The minimum absolute atomic E-state index is 0.0387. The molecule has 0 aliphatic carbocycles. The molecule has 0 spiro atoms. The molecule has 0 bridgehead atoms. The van der Waals surface area contributed by atoms with Crippen LogP contribution in [0.5, 0.6) is 0 Å². The van der Waals surface area contributed by atoms with Gasteiger partial charge in [0.25, 0.3) is 0 Å². The molecule has 5 nitrogen and oxygen atoms in total. The zero-order valence-corrected chi connectivity index (χ0v) is 14.0. The Morgan fingerprint density at radius 3 is 2.80 bits per heavy atom. The molecular weight excluding hydrogens is 367 g/mol. The zero-order valence-electron chi connectivity index (χ0n) is 11.9. The molecule has 1 heterocycles. The molecule has 1 aromatic heterocycles. The van der Waals surface area contributed by atoms with Crippen LogP contribution in [0.4, 0.5) is 5.95 Å². The Hall–Kier alpha value is -1.31. The predicted octanol–water partition coefficient (Wildman–Crippen LogP) is 2.56. The van der Waals surface area contributed by atoms with Gasteiger partial charge in [-0.2, -0.15) is 0 Å². The van der Waals surface area contributed by atoms with Crippen LogP contribution in [0, 0.1) is 9.49 Å². The number of imidazole rings is 1. The third-order valence-electron chi connectivity index (χ3n) is 3.13. The number of nitrogens with one attached hydrogen (secondary N) is 1. The van der Waals surface area contributed by atoms with Crippen molar-refractivity contribution in [2.24, 2.45) is 5.92 Å². The van der Waals surface area contributed by atoms with Crippen LogP contribution in [0.25, 0.3) is 11.0 Å². The van der Waals surface area contributed by atoms with Gasteiger partial charge >= 0.3 is 0 Å². The van der Waals surface area contributed by atoms with Crippen LogP contribution in [0.15, 0.2) is 18.2 Å². The quantitative estimate of drug-likeness (QED) is 0.794. The van der Waals surface area contributed by atoms with Gasteiger partial charge in [-0.3, -0.25) is 9.36 Å². The van der Waals surface area contributed by atoms with Gasteiger partial charge < -0.3 is 11.1 Å². The first-order valence-corrected chi connectivity index (χ1v) is 7.68.